The molecule has 34 heavy (non-hydrogen) atoms. The average Bonchev–Trinajstić information content (AvgIpc) is 2.76. The van der Waals surface area contributed by atoms with Gasteiger partial charge in [0.1, 0.15) is 0 Å². The van der Waals surface area contributed by atoms with E-state index in [1.165, 1.54) is 40.0 Å². The summed E-state index contributed by atoms with van der Waals surface area (Å²) >= 11 is 0. The van der Waals surface area contributed by atoms with E-state index in [0.29, 0.717) is 5.56 Å². The lowest BCUT2D eigenvalue weighted by Gasteiger charge is -2.47. The molecule has 0 saturated carbocycles. The Morgan fingerprint density at radius 2 is 1.41 bits per heavy atom. The molecule has 2 aliphatic rings. The van der Waals surface area contributed by atoms with Crippen LogP contribution >= 0.6 is 0 Å². The Labute approximate surface area is 202 Å². The van der Waals surface area contributed by atoms with Crippen LogP contribution in [-0.2, 0) is 22.7 Å². The molecule has 178 valence electrons. The van der Waals surface area contributed by atoms with Crippen molar-refractivity contribution in [1.82, 2.24) is 0 Å². The molecular weight excluding hydrogens is 422 g/mol. The van der Waals surface area contributed by atoms with Gasteiger partial charge in [-0.1, -0.05) is 70.9 Å². The van der Waals surface area contributed by atoms with Gasteiger partial charge in [0.2, 0.25) is 0 Å². The Hall–Kier alpha value is -3.14. The minimum atomic E-state index is -1.01. The number of carbonyl (C=O) groups is 2. The number of carbonyl (C=O) groups excluding carboxylic acids is 1. The fourth-order valence-electron chi connectivity index (χ4n) is 5.63. The van der Waals surface area contributed by atoms with E-state index in [1.54, 1.807) is 12.1 Å². The quantitative estimate of drug-likeness (QED) is 0.491. The number of hydrogen-bond donors (Lipinski definition) is 2. The van der Waals surface area contributed by atoms with Gasteiger partial charge in [0.25, 0.3) is 5.91 Å². The third-order valence-corrected chi connectivity index (χ3v) is 8.35. The molecule has 0 atom stereocenters. The molecule has 0 aliphatic heterocycles. The van der Waals surface area contributed by atoms with Gasteiger partial charge in [-0.15, -0.1) is 0 Å². The Morgan fingerprint density at radius 3 is 2.00 bits per heavy atom. The van der Waals surface area contributed by atoms with Crippen molar-refractivity contribution < 1.29 is 14.7 Å². The zero-order chi connectivity index (χ0) is 25.2. The topological polar surface area (TPSA) is 66.4 Å². The molecule has 2 N–H and O–H groups in total. The van der Waals surface area contributed by atoms with Gasteiger partial charge >= 0.3 is 5.97 Å². The van der Waals surface area contributed by atoms with Gasteiger partial charge in [0.15, 0.2) is 0 Å². The van der Waals surface area contributed by atoms with Crippen molar-refractivity contribution in [2.24, 2.45) is 0 Å². The molecule has 2 aromatic rings. The van der Waals surface area contributed by atoms with Crippen molar-refractivity contribution in [1.29, 1.82) is 0 Å². The maximum Gasteiger partial charge on any atom is 0.335 e. The van der Waals surface area contributed by atoms with E-state index in [0.717, 1.165) is 17.7 Å². The largest absolute Gasteiger partial charge is 0.478 e. The number of nitrogens with one attached hydrogen (secondary N) is 1. The minimum absolute atomic E-state index is 0.143. The zero-order valence-corrected chi connectivity index (χ0v) is 21.5. The van der Waals surface area contributed by atoms with Crippen molar-refractivity contribution in [2.75, 3.05) is 5.32 Å². The summed E-state index contributed by atoms with van der Waals surface area (Å²) in [4.78, 5) is 24.7. The lowest BCUT2D eigenvalue weighted by atomic mass is 9.58. The van der Waals surface area contributed by atoms with E-state index in [9.17, 15) is 14.7 Å². The van der Waals surface area contributed by atoms with Gasteiger partial charge in [-0.2, -0.15) is 0 Å². The Balaban J connectivity index is 1.95. The predicted octanol–water partition coefficient (Wildman–Crippen LogP) is 6.93. The molecule has 4 rings (SSSR count). The summed E-state index contributed by atoms with van der Waals surface area (Å²) in [6.07, 6.45) is 5.21. The highest BCUT2D eigenvalue weighted by molar-refractivity contribution is 6.06. The molecule has 2 aliphatic carbocycles. The van der Waals surface area contributed by atoms with Crippen LogP contribution in [0.25, 0.3) is 0 Å². The van der Waals surface area contributed by atoms with E-state index >= 15 is 0 Å². The normalized spacial score (nSPS) is 19.3. The second-order valence-corrected chi connectivity index (χ2v) is 11.4. The fourth-order valence-corrected chi connectivity index (χ4v) is 5.63. The Kier molecular flexibility index (Phi) is 5.43. The van der Waals surface area contributed by atoms with Gasteiger partial charge in [0, 0.05) is 27.5 Å². The Morgan fingerprint density at radius 1 is 0.853 bits per heavy atom. The molecule has 0 spiro atoms. The number of anilines is 1. The van der Waals surface area contributed by atoms with Crippen LogP contribution in [0, 0.1) is 0 Å². The lowest BCUT2D eigenvalue weighted by molar-refractivity contribution is 0.0696. The number of amides is 1. The number of carboxylic acids is 1. The van der Waals surface area contributed by atoms with Crippen LogP contribution in [0.15, 0.2) is 53.6 Å². The molecule has 0 saturated heterocycles. The molecular formula is C30H35NO3. The first kappa shape index (κ1) is 24.0. The first-order valence-corrected chi connectivity index (χ1v) is 11.9. The van der Waals surface area contributed by atoms with E-state index in [2.05, 4.69) is 78.9 Å². The number of aromatic carboxylic acids is 1. The Bertz CT molecular complexity index is 1270. The van der Waals surface area contributed by atoms with Crippen LogP contribution in [0.1, 0.15) is 98.4 Å². The summed E-state index contributed by atoms with van der Waals surface area (Å²) in [5.74, 6) is -1.23. The second kappa shape index (κ2) is 7.69. The third kappa shape index (κ3) is 3.51. The highest BCUT2D eigenvalue weighted by Gasteiger charge is 2.44. The van der Waals surface area contributed by atoms with E-state index in [1.807, 2.05) is 0 Å². The molecule has 2 aromatic carbocycles. The number of hydrogen-bond acceptors (Lipinski definition) is 2. The number of benzene rings is 2. The first-order valence-electron chi connectivity index (χ1n) is 11.9. The molecule has 4 nitrogen and oxygen atoms in total. The molecule has 0 heterocycles. The summed E-state index contributed by atoms with van der Waals surface area (Å²) in [6, 6.07) is 8.48. The van der Waals surface area contributed by atoms with Gasteiger partial charge in [-0.25, -0.2) is 4.79 Å². The average molecular weight is 458 g/mol. The first-order chi connectivity index (χ1) is 15.7. The van der Waals surface area contributed by atoms with Crippen LogP contribution in [0.5, 0.6) is 0 Å². The van der Waals surface area contributed by atoms with Gasteiger partial charge in [-0.05, 0) is 66.8 Å². The SMILES string of the molecule is CC1=C(C)C(C)(C)c2c(cc3c(c2NC(=O)c2ccc(C(=O)O)cc2)CC=CC3(C)C)C1(C)C. The molecule has 0 fully saturated rings. The van der Waals surface area contributed by atoms with E-state index in [-0.39, 0.29) is 27.7 Å². The number of rotatable bonds is 3. The van der Waals surface area contributed by atoms with Crippen LogP contribution in [-0.4, -0.2) is 17.0 Å². The minimum Gasteiger partial charge on any atom is -0.478 e. The van der Waals surface area contributed by atoms with Gasteiger partial charge in [0.05, 0.1) is 5.56 Å². The van der Waals surface area contributed by atoms with E-state index < -0.39 is 5.97 Å². The fraction of sp³-hybridized carbons (Fsp3) is 0.400. The predicted molar refractivity (Wildman–Crippen MR) is 138 cm³/mol. The number of fused-ring (bicyclic) bond motifs is 2. The molecule has 0 bridgehead atoms. The van der Waals surface area contributed by atoms with Crippen molar-refractivity contribution in [3.63, 3.8) is 0 Å². The van der Waals surface area contributed by atoms with Crippen molar-refractivity contribution in [3.05, 3.63) is 87.0 Å². The monoisotopic (exact) mass is 457 g/mol. The maximum atomic E-state index is 13.5. The molecule has 0 aromatic heterocycles. The second-order valence-electron chi connectivity index (χ2n) is 11.4. The highest BCUT2D eigenvalue weighted by atomic mass is 16.4. The number of allylic oxidation sites excluding steroid dienone is 4. The van der Waals surface area contributed by atoms with Gasteiger partial charge in [-0.3, -0.25) is 4.79 Å². The smallest absolute Gasteiger partial charge is 0.335 e. The molecule has 0 unspecified atom stereocenters. The van der Waals surface area contributed by atoms with Gasteiger partial charge < -0.3 is 10.4 Å². The van der Waals surface area contributed by atoms with Crippen LogP contribution < -0.4 is 5.32 Å². The summed E-state index contributed by atoms with van der Waals surface area (Å²) < 4.78 is 0. The van der Waals surface area contributed by atoms with Crippen molar-refractivity contribution in [2.45, 2.75) is 78.1 Å². The molecule has 0 radical (unpaired) electrons. The zero-order valence-electron chi connectivity index (χ0n) is 21.5. The summed E-state index contributed by atoms with van der Waals surface area (Å²) in [7, 11) is 0. The standard InChI is InChI=1S/C30H35NO3/c1-17-18(2)30(7,8)24-23(29(17,5)6)16-22-21(10-9-15-28(22,3)4)25(24)31-26(32)19-11-13-20(14-12-19)27(33)34/h9,11-16H,10H2,1-8H3,(H,31,32)(H,33,34). The maximum absolute atomic E-state index is 13.5. The van der Waals surface area contributed by atoms with Crippen LogP contribution in [0.3, 0.4) is 0 Å². The third-order valence-electron chi connectivity index (χ3n) is 8.35. The van der Waals surface area contributed by atoms with Crippen molar-refractivity contribution in [3.8, 4) is 0 Å². The molecule has 1 amide bonds. The summed E-state index contributed by atoms with van der Waals surface area (Å²) in [5, 5.41) is 12.5. The lowest BCUT2D eigenvalue weighted by Crippen LogP contribution is -2.38. The van der Waals surface area contributed by atoms with Crippen LogP contribution in [0.2, 0.25) is 0 Å². The van der Waals surface area contributed by atoms with E-state index in [4.69, 9.17) is 0 Å². The number of carboxylic acid groups (broad SMARTS) is 1. The summed E-state index contributed by atoms with van der Waals surface area (Å²) in [6.45, 7) is 17.9. The highest BCUT2D eigenvalue weighted by Crippen LogP contribution is 2.54. The van der Waals surface area contributed by atoms with Crippen LogP contribution in [0.4, 0.5) is 5.69 Å². The molecule has 4 heteroatoms. The van der Waals surface area contributed by atoms with Crippen molar-refractivity contribution >= 4 is 17.6 Å². The summed E-state index contributed by atoms with van der Waals surface area (Å²) in [5.41, 5.74) is 8.52.